The van der Waals surface area contributed by atoms with E-state index in [9.17, 15) is 14.4 Å². The fourth-order valence-electron chi connectivity index (χ4n) is 2.46. The lowest BCUT2D eigenvalue weighted by Gasteiger charge is -2.27. The van der Waals surface area contributed by atoms with E-state index in [1.54, 1.807) is 19.1 Å². The molecule has 1 saturated heterocycles. The molecule has 0 saturated carbocycles. The number of benzene rings is 1. The molecule has 1 fully saturated rings. The first-order chi connectivity index (χ1) is 12.5. The monoisotopic (exact) mass is 375 g/mol. The highest BCUT2D eigenvalue weighted by Gasteiger charge is 2.34. The van der Waals surface area contributed by atoms with Gasteiger partial charge in [0.1, 0.15) is 0 Å². The van der Waals surface area contributed by atoms with Crippen molar-refractivity contribution in [3.05, 3.63) is 36.2 Å². The molecule has 3 N–H and O–H groups in total. The topological polar surface area (TPSA) is 126 Å². The minimum absolute atomic E-state index is 0.118. The van der Waals surface area contributed by atoms with Crippen LogP contribution in [0.1, 0.15) is 12.8 Å². The number of carbonyl (C=O) groups is 3. The van der Waals surface area contributed by atoms with E-state index in [0.717, 1.165) is 11.8 Å². The molecule has 0 bridgehead atoms. The van der Waals surface area contributed by atoms with Crippen LogP contribution in [0.4, 0.5) is 10.5 Å². The summed E-state index contributed by atoms with van der Waals surface area (Å²) >= 11 is 1.11. The predicted molar refractivity (Wildman–Crippen MR) is 93.4 cm³/mol. The number of nitrogens with one attached hydrogen (secondary N) is 3. The van der Waals surface area contributed by atoms with E-state index in [2.05, 4.69) is 26.1 Å². The SMILES string of the molecule is CC1NC(=O)NC(=O)C1Cc1nnc(SCC(=O)Nc2ccccc2)o1. The lowest BCUT2D eigenvalue weighted by Crippen LogP contribution is -2.57. The Bertz CT molecular complexity index is 810. The van der Waals surface area contributed by atoms with Crippen LogP contribution >= 0.6 is 11.8 Å². The molecule has 1 aliphatic rings. The predicted octanol–water partition coefficient (Wildman–Crippen LogP) is 1.19. The van der Waals surface area contributed by atoms with Gasteiger partial charge in [0.25, 0.3) is 5.22 Å². The second kappa shape index (κ2) is 8.00. The Morgan fingerprint density at radius 3 is 2.77 bits per heavy atom. The maximum atomic E-state index is 11.9. The third kappa shape index (κ3) is 4.60. The number of aromatic nitrogens is 2. The van der Waals surface area contributed by atoms with Gasteiger partial charge in [-0.3, -0.25) is 14.9 Å². The van der Waals surface area contributed by atoms with E-state index in [1.807, 2.05) is 18.2 Å². The Labute approximate surface area is 153 Å². The minimum Gasteiger partial charge on any atom is -0.416 e. The number of urea groups is 1. The molecule has 0 spiro atoms. The zero-order valence-corrected chi connectivity index (χ0v) is 14.7. The highest BCUT2D eigenvalue weighted by atomic mass is 32.2. The molecule has 2 atom stereocenters. The Kier molecular flexibility index (Phi) is 5.52. The largest absolute Gasteiger partial charge is 0.416 e. The summed E-state index contributed by atoms with van der Waals surface area (Å²) < 4.78 is 5.48. The zero-order chi connectivity index (χ0) is 18.5. The van der Waals surface area contributed by atoms with E-state index in [4.69, 9.17) is 4.42 Å². The van der Waals surface area contributed by atoms with Gasteiger partial charge in [-0.1, -0.05) is 30.0 Å². The van der Waals surface area contributed by atoms with Crippen LogP contribution in [-0.4, -0.2) is 39.8 Å². The van der Waals surface area contributed by atoms with Crippen LogP contribution in [0.5, 0.6) is 0 Å². The van der Waals surface area contributed by atoms with E-state index < -0.39 is 11.9 Å². The number of nitrogens with zero attached hydrogens (tertiary/aromatic N) is 2. The van der Waals surface area contributed by atoms with Crippen LogP contribution in [-0.2, 0) is 16.0 Å². The summed E-state index contributed by atoms with van der Waals surface area (Å²) in [5, 5.41) is 15.6. The van der Waals surface area contributed by atoms with Crippen LogP contribution in [0.3, 0.4) is 0 Å². The third-order valence-electron chi connectivity index (χ3n) is 3.76. The maximum Gasteiger partial charge on any atom is 0.321 e. The quantitative estimate of drug-likeness (QED) is 0.647. The van der Waals surface area contributed by atoms with Crippen molar-refractivity contribution in [1.82, 2.24) is 20.8 Å². The van der Waals surface area contributed by atoms with Crippen molar-refractivity contribution in [3.63, 3.8) is 0 Å². The molecule has 4 amide bonds. The minimum atomic E-state index is -0.509. The molecule has 1 aromatic heterocycles. The molecule has 1 aromatic carbocycles. The molecular weight excluding hydrogens is 358 g/mol. The molecule has 136 valence electrons. The van der Waals surface area contributed by atoms with Crippen LogP contribution < -0.4 is 16.0 Å². The van der Waals surface area contributed by atoms with E-state index in [1.165, 1.54) is 0 Å². The Morgan fingerprint density at radius 2 is 2.04 bits per heavy atom. The highest BCUT2D eigenvalue weighted by Crippen LogP contribution is 2.20. The van der Waals surface area contributed by atoms with Gasteiger partial charge >= 0.3 is 6.03 Å². The summed E-state index contributed by atoms with van der Waals surface area (Å²) in [5.41, 5.74) is 0.712. The number of anilines is 1. The van der Waals surface area contributed by atoms with Gasteiger partial charge in [0.15, 0.2) is 0 Å². The van der Waals surface area contributed by atoms with Gasteiger partial charge < -0.3 is 15.1 Å². The third-order valence-corrected chi connectivity index (χ3v) is 4.58. The van der Waals surface area contributed by atoms with Gasteiger partial charge in [0.2, 0.25) is 17.7 Å². The maximum absolute atomic E-state index is 11.9. The second-order valence-corrected chi connectivity index (χ2v) is 6.65. The van der Waals surface area contributed by atoms with Gasteiger partial charge in [0, 0.05) is 18.2 Å². The normalized spacial score (nSPS) is 19.6. The molecule has 2 aromatic rings. The van der Waals surface area contributed by atoms with E-state index >= 15 is 0 Å². The molecule has 2 unspecified atom stereocenters. The molecule has 1 aliphatic heterocycles. The Hall–Kier alpha value is -2.88. The molecule has 10 heteroatoms. The van der Waals surface area contributed by atoms with E-state index in [-0.39, 0.29) is 41.1 Å². The molecule has 0 radical (unpaired) electrons. The number of imide groups is 1. The standard InChI is InChI=1S/C16H17N5O4S/c1-9-11(14(23)19-15(24)17-9)7-13-20-21-16(25-13)26-8-12(22)18-10-5-3-2-4-6-10/h2-6,9,11H,7-8H2,1H3,(H,18,22)(H2,17,19,23,24). The first kappa shape index (κ1) is 17.9. The average Bonchev–Trinajstić information content (AvgIpc) is 3.05. The van der Waals surface area contributed by atoms with E-state index in [0.29, 0.717) is 5.69 Å². The fraction of sp³-hybridized carbons (Fsp3) is 0.312. The van der Waals surface area contributed by atoms with Crippen LogP contribution in [0.25, 0.3) is 0 Å². The van der Waals surface area contributed by atoms with Gasteiger partial charge in [-0.25, -0.2) is 4.79 Å². The summed E-state index contributed by atoms with van der Waals surface area (Å²) in [6.45, 7) is 1.74. The van der Waals surface area contributed by atoms with Crippen molar-refractivity contribution in [1.29, 1.82) is 0 Å². The zero-order valence-electron chi connectivity index (χ0n) is 13.9. The Balaban J connectivity index is 1.51. The molecule has 3 rings (SSSR count). The summed E-state index contributed by atoms with van der Waals surface area (Å²) in [4.78, 5) is 35.0. The molecule has 9 nitrogen and oxygen atoms in total. The highest BCUT2D eigenvalue weighted by molar-refractivity contribution is 7.99. The van der Waals surface area contributed by atoms with Gasteiger partial charge in [-0.2, -0.15) is 0 Å². The Morgan fingerprint density at radius 1 is 1.27 bits per heavy atom. The van der Waals surface area contributed by atoms with Crippen molar-refractivity contribution < 1.29 is 18.8 Å². The van der Waals surface area contributed by atoms with Crippen molar-refractivity contribution in [2.45, 2.75) is 24.6 Å². The smallest absolute Gasteiger partial charge is 0.321 e. The van der Waals surface area contributed by atoms with Gasteiger partial charge in [-0.15, -0.1) is 10.2 Å². The molecule has 0 aliphatic carbocycles. The number of thioether (sulfide) groups is 1. The van der Waals surface area contributed by atoms with Crippen LogP contribution in [0, 0.1) is 5.92 Å². The number of hydrogen-bond acceptors (Lipinski definition) is 7. The first-order valence-electron chi connectivity index (χ1n) is 7.92. The second-order valence-electron chi connectivity index (χ2n) is 5.73. The number of hydrogen-bond donors (Lipinski definition) is 3. The van der Waals surface area contributed by atoms with Crippen molar-refractivity contribution in [2.24, 2.45) is 5.92 Å². The lowest BCUT2D eigenvalue weighted by atomic mass is 9.95. The van der Waals surface area contributed by atoms with Gasteiger partial charge in [-0.05, 0) is 19.1 Å². The van der Waals surface area contributed by atoms with Crippen molar-refractivity contribution in [2.75, 3.05) is 11.1 Å². The fourth-order valence-corrected chi connectivity index (χ4v) is 3.04. The first-order valence-corrected chi connectivity index (χ1v) is 8.91. The number of rotatable bonds is 6. The molecule has 26 heavy (non-hydrogen) atoms. The van der Waals surface area contributed by atoms with Crippen LogP contribution in [0.2, 0.25) is 0 Å². The molecular formula is C16H17N5O4S. The van der Waals surface area contributed by atoms with Crippen molar-refractivity contribution >= 4 is 35.3 Å². The lowest BCUT2D eigenvalue weighted by molar-refractivity contribution is -0.125. The number of amides is 4. The van der Waals surface area contributed by atoms with Crippen LogP contribution in [0.15, 0.2) is 40.0 Å². The summed E-state index contributed by atoms with van der Waals surface area (Å²) in [6, 6.07) is 8.27. The van der Waals surface area contributed by atoms with Crippen molar-refractivity contribution in [3.8, 4) is 0 Å². The molecule has 2 heterocycles. The number of para-hydroxylation sites is 1. The average molecular weight is 375 g/mol. The number of carbonyl (C=O) groups excluding carboxylic acids is 3. The van der Waals surface area contributed by atoms with Gasteiger partial charge in [0.05, 0.1) is 11.7 Å². The summed E-state index contributed by atoms with van der Waals surface area (Å²) in [7, 11) is 0. The summed E-state index contributed by atoms with van der Waals surface area (Å²) in [5.74, 6) is -0.668. The summed E-state index contributed by atoms with van der Waals surface area (Å²) in [6.07, 6.45) is 0.205.